The lowest BCUT2D eigenvalue weighted by molar-refractivity contribution is -0.122. The van der Waals surface area contributed by atoms with Crippen molar-refractivity contribution in [3.63, 3.8) is 0 Å². The quantitative estimate of drug-likeness (QED) is 0.671. The summed E-state index contributed by atoms with van der Waals surface area (Å²) < 4.78 is 0.550. The molecule has 6 heteroatoms. The smallest absolute Gasteiger partial charge is 0.266 e. The molecule has 0 radical (unpaired) electrons. The SMILES string of the molecule is O=C1/C(=C/c2ccncc2)SC(=S)N1CCCO. The lowest BCUT2D eigenvalue weighted by atomic mass is 10.2. The van der Waals surface area contributed by atoms with Gasteiger partial charge >= 0.3 is 0 Å². The van der Waals surface area contributed by atoms with Crippen molar-refractivity contribution < 1.29 is 9.90 Å². The van der Waals surface area contributed by atoms with Crippen LogP contribution in [0, 0.1) is 0 Å². The van der Waals surface area contributed by atoms with E-state index in [0.29, 0.717) is 22.2 Å². The van der Waals surface area contributed by atoms with Gasteiger partial charge < -0.3 is 5.11 Å². The molecule has 0 aliphatic carbocycles. The third kappa shape index (κ3) is 2.95. The molecule has 0 saturated carbocycles. The maximum absolute atomic E-state index is 12.1. The fourth-order valence-corrected chi connectivity index (χ4v) is 2.84. The molecule has 1 fully saturated rings. The van der Waals surface area contributed by atoms with E-state index >= 15 is 0 Å². The van der Waals surface area contributed by atoms with Crippen LogP contribution < -0.4 is 0 Å². The first-order valence-electron chi connectivity index (χ1n) is 5.48. The number of hydrogen-bond donors (Lipinski definition) is 1. The van der Waals surface area contributed by atoms with E-state index in [9.17, 15) is 4.79 Å². The van der Waals surface area contributed by atoms with Gasteiger partial charge in [0.2, 0.25) is 0 Å². The van der Waals surface area contributed by atoms with Gasteiger partial charge in [0.1, 0.15) is 4.32 Å². The van der Waals surface area contributed by atoms with E-state index in [1.54, 1.807) is 18.5 Å². The number of amides is 1. The van der Waals surface area contributed by atoms with E-state index in [2.05, 4.69) is 4.98 Å². The molecule has 4 nitrogen and oxygen atoms in total. The van der Waals surface area contributed by atoms with Gasteiger partial charge in [-0.2, -0.15) is 0 Å². The Morgan fingerprint density at radius 2 is 2.17 bits per heavy atom. The zero-order valence-electron chi connectivity index (χ0n) is 9.57. The van der Waals surface area contributed by atoms with Crippen LogP contribution in [-0.2, 0) is 4.79 Å². The van der Waals surface area contributed by atoms with Crippen molar-refractivity contribution in [3.05, 3.63) is 35.0 Å². The second-order valence-electron chi connectivity index (χ2n) is 3.69. The average Bonchev–Trinajstić information content (AvgIpc) is 2.64. The highest BCUT2D eigenvalue weighted by atomic mass is 32.2. The number of thiocarbonyl (C=S) groups is 1. The Morgan fingerprint density at radius 1 is 1.44 bits per heavy atom. The van der Waals surface area contributed by atoms with E-state index in [4.69, 9.17) is 17.3 Å². The van der Waals surface area contributed by atoms with Gasteiger partial charge in [0, 0.05) is 25.5 Å². The highest BCUT2D eigenvalue weighted by molar-refractivity contribution is 8.26. The molecule has 1 N–H and O–H groups in total. The van der Waals surface area contributed by atoms with Crippen molar-refractivity contribution in [2.24, 2.45) is 0 Å². The largest absolute Gasteiger partial charge is 0.396 e. The number of thioether (sulfide) groups is 1. The lowest BCUT2D eigenvalue weighted by Gasteiger charge is -2.12. The minimum Gasteiger partial charge on any atom is -0.396 e. The fourth-order valence-electron chi connectivity index (χ4n) is 1.53. The third-order valence-electron chi connectivity index (χ3n) is 2.42. The van der Waals surface area contributed by atoms with Crippen LogP contribution in [0.1, 0.15) is 12.0 Å². The first kappa shape index (κ1) is 13.2. The maximum atomic E-state index is 12.1. The van der Waals surface area contributed by atoms with Crippen LogP contribution in [0.3, 0.4) is 0 Å². The van der Waals surface area contributed by atoms with Crippen molar-refractivity contribution >= 4 is 40.3 Å². The first-order valence-corrected chi connectivity index (χ1v) is 6.71. The van der Waals surface area contributed by atoms with Crippen LogP contribution in [0.25, 0.3) is 6.08 Å². The third-order valence-corrected chi connectivity index (χ3v) is 3.80. The van der Waals surface area contributed by atoms with Gasteiger partial charge in [0.05, 0.1) is 4.91 Å². The molecule has 1 amide bonds. The molecule has 1 saturated heterocycles. The zero-order valence-corrected chi connectivity index (χ0v) is 11.2. The molecule has 1 aliphatic rings. The topological polar surface area (TPSA) is 53.4 Å². The van der Waals surface area contributed by atoms with Crippen LogP contribution in [0.2, 0.25) is 0 Å². The van der Waals surface area contributed by atoms with Crippen molar-refractivity contribution in [2.75, 3.05) is 13.2 Å². The molecule has 0 spiro atoms. The molecule has 1 aromatic heterocycles. The fraction of sp³-hybridized carbons (Fsp3) is 0.250. The predicted molar refractivity (Wildman–Crippen MR) is 75.8 cm³/mol. The van der Waals surface area contributed by atoms with Gasteiger partial charge in [-0.05, 0) is 30.2 Å². The van der Waals surface area contributed by atoms with E-state index in [1.807, 2.05) is 12.1 Å². The Labute approximate surface area is 115 Å². The summed E-state index contributed by atoms with van der Waals surface area (Å²) in [5, 5.41) is 8.79. The number of rotatable bonds is 4. The molecule has 0 aromatic carbocycles. The molecule has 1 aromatic rings. The second kappa shape index (κ2) is 6.08. The van der Waals surface area contributed by atoms with Crippen molar-refractivity contribution in [1.82, 2.24) is 9.88 Å². The number of carbonyl (C=O) groups excluding carboxylic acids is 1. The summed E-state index contributed by atoms with van der Waals surface area (Å²) in [6.45, 7) is 0.523. The summed E-state index contributed by atoms with van der Waals surface area (Å²) in [6.07, 6.45) is 5.70. The Balaban J connectivity index is 2.15. The molecule has 0 bridgehead atoms. The molecule has 2 heterocycles. The molecule has 18 heavy (non-hydrogen) atoms. The van der Waals surface area contributed by atoms with E-state index in [0.717, 1.165) is 5.56 Å². The number of hydrogen-bond acceptors (Lipinski definition) is 5. The highest BCUT2D eigenvalue weighted by Crippen LogP contribution is 2.32. The zero-order chi connectivity index (χ0) is 13.0. The van der Waals surface area contributed by atoms with Gasteiger partial charge in [-0.15, -0.1) is 0 Å². The van der Waals surface area contributed by atoms with Crippen LogP contribution in [0.4, 0.5) is 0 Å². The summed E-state index contributed by atoms with van der Waals surface area (Å²) in [4.78, 5) is 18.1. The van der Waals surface area contributed by atoms with Crippen LogP contribution in [-0.4, -0.2) is 38.4 Å². The van der Waals surface area contributed by atoms with Gasteiger partial charge in [-0.1, -0.05) is 24.0 Å². The molecule has 94 valence electrons. The highest BCUT2D eigenvalue weighted by Gasteiger charge is 2.31. The second-order valence-corrected chi connectivity index (χ2v) is 5.37. The van der Waals surface area contributed by atoms with Gasteiger partial charge in [0.15, 0.2) is 0 Å². The first-order chi connectivity index (χ1) is 8.72. The number of aromatic nitrogens is 1. The average molecular weight is 280 g/mol. The Bertz CT molecular complexity index is 488. The number of carbonyl (C=O) groups is 1. The van der Waals surface area contributed by atoms with Crippen molar-refractivity contribution in [2.45, 2.75) is 6.42 Å². The van der Waals surface area contributed by atoms with Crippen LogP contribution >= 0.6 is 24.0 Å². The number of nitrogens with zero attached hydrogens (tertiary/aromatic N) is 2. The normalized spacial score (nSPS) is 17.8. The molecule has 0 atom stereocenters. The van der Waals surface area contributed by atoms with Crippen LogP contribution in [0.15, 0.2) is 29.4 Å². The molecule has 2 rings (SSSR count). The van der Waals surface area contributed by atoms with Gasteiger partial charge in [-0.25, -0.2) is 0 Å². The lowest BCUT2D eigenvalue weighted by Crippen LogP contribution is -2.29. The summed E-state index contributed by atoms with van der Waals surface area (Å²) in [6, 6.07) is 3.67. The van der Waals surface area contributed by atoms with Crippen molar-refractivity contribution in [3.8, 4) is 0 Å². The van der Waals surface area contributed by atoms with Gasteiger partial charge in [0.25, 0.3) is 5.91 Å². The Morgan fingerprint density at radius 3 is 2.83 bits per heavy atom. The molecule has 0 unspecified atom stereocenters. The summed E-state index contributed by atoms with van der Waals surface area (Å²) in [7, 11) is 0. The van der Waals surface area contributed by atoms with Gasteiger partial charge in [-0.3, -0.25) is 14.7 Å². The van der Waals surface area contributed by atoms with E-state index in [1.165, 1.54) is 16.7 Å². The Kier molecular flexibility index (Phi) is 4.46. The van der Waals surface area contributed by atoms with E-state index < -0.39 is 0 Å². The predicted octanol–water partition coefficient (Wildman–Crippen LogP) is 1.67. The molecule has 1 aliphatic heterocycles. The maximum Gasteiger partial charge on any atom is 0.266 e. The molecular weight excluding hydrogens is 268 g/mol. The summed E-state index contributed by atoms with van der Waals surface area (Å²) in [5.41, 5.74) is 0.924. The number of aliphatic hydroxyl groups excluding tert-OH is 1. The minimum atomic E-state index is -0.0877. The van der Waals surface area contributed by atoms with Crippen molar-refractivity contribution in [1.29, 1.82) is 0 Å². The summed E-state index contributed by atoms with van der Waals surface area (Å²) in [5.74, 6) is -0.0877. The van der Waals surface area contributed by atoms with E-state index in [-0.39, 0.29) is 12.5 Å². The standard InChI is InChI=1S/C12H12N2O2S2/c15-7-1-6-14-11(16)10(18-12(14)17)8-9-2-4-13-5-3-9/h2-5,8,15H,1,6-7H2/b10-8-. The number of pyridine rings is 1. The Hall–Kier alpha value is -1.24. The monoisotopic (exact) mass is 280 g/mol. The summed E-state index contributed by atoms with van der Waals surface area (Å²) >= 11 is 6.45. The van der Waals surface area contributed by atoms with Crippen LogP contribution in [0.5, 0.6) is 0 Å². The number of aliphatic hydroxyl groups is 1. The molecular formula is C12H12N2O2S2. The minimum absolute atomic E-state index is 0.0560.